The minimum Gasteiger partial charge on any atom is -0.478 e. The van der Waals surface area contributed by atoms with Gasteiger partial charge in [0.15, 0.2) is 0 Å². The summed E-state index contributed by atoms with van der Waals surface area (Å²) in [6.07, 6.45) is 1.13. The van der Waals surface area contributed by atoms with Crippen molar-refractivity contribution in [2.75, 3.05) is 30.0 Å². The summed E-state index contributed by atoms with van der Waals surface area (Å²) in [5, 5.41) is 22.5. The van der Waals surface area contributed by atoms with Crippen molar-refractivity contribution in [3.8, 4) is 0 Å². The van der Waals surface area contributed by atoms with Gasteiger partial charge in [-0.25, -0.2) is 13.6 Å². The van der Waals surface area contributed by atoms with Gasteiger partial charge in [0.05, 0.1) is 36.8 Å². The van der Waals surface area contributed by atoms with Gasteiger partial charge in [0.25, 0.3) is 0 Å². The second kappa shape index (κ2) is 14.7. The summed E-state index contributed by atoms with van der Waals surface area (Å²) in [6, 6.07) is 24.9. The normalized spacial score (nSPS) is 18.7. The fraction of sp³-hybridized carbons (Fsp3) is 0.289. The first-order chi connectivity index (χ1) is 23.6. The smallest absolute Gasteiger partial charge is 0.335 e. The van der Waals surface area contributed by atoms with Crippen molar-refractivity contribution < 1.29 is 42.9 Å². The molecule has 2 amide bonds. The van der Waals surface area contributed by atoms with Crippen LogP contribution in [-0.4, -0.2) is 53.4 Å². The first-order valence-electron chi connectivity index (χ1n) is 16.1. The molecule has 2 fully saturated rings. The van der Waals surface area contributed by atoms with Crippen LogP contribution in [-0.2, 0) is 25.5 Å². The third kappa shape index (κ3) is 7.86. The highest BCUT2D eigenvalue weighted by molar-refractivity contribution is 6.03. The van der Waals surface area contributed by atoms with Gasteiger partial charge in [0.2, 0.25) is 11.8 Å². The number of anilines is 2. The number of rotatable bonds is 14. The van der Waals surface area contributed by atoms with E-state index >= 15 is 0 Å². The topological polar surface area (TPSA) is 125 Å². The lowest BCUT2D eigenvalue weighted by atomic mass is 9.78. The molecule has 2 aliphatic heterocycles. The number of carboxylic acids is 1. The van der Waals surface area contributed by atoms with Crippen LogP contribution in [0.5, 0.6) is 0 Å². The average Bonchev–Trinajstić information content (AvgIpc) is 3.08. The highest BCUT2D eigenvalue weighted by atomic mass is 19.1. The number of ether oxygens (including phenoxy) is 2. The van der Waals surface area contributed by atoms with Crippen molar-refractivity contribution in [1.82, 2.24) is 0 Å². The Bertz CT molecular complexity index is 1780. The molecule has 0 saturated carbocycles. The maximum absolute atomic E-state index is 13.7. The molecule has 0 aliphatic carbocycles. The van der Waals surface area contributed by atoms with E-state index in [-0.39, 0.29) is 30.0 Å². The molecule has 3 N–H and O–H groups in total. The van der Waals surface area contributed by atoms with E-state index in [0.29, 0.717) is 55.8 Å². The summed E-state index contributed by atoms with van der Waals surface area (Å²) < 4.78 is 38.5. The molecule has 0 unspecified atom stereocenters. The van der Waals surface area contributed by atoms with E-state index < -0.39 is 35.2 Å². The molecule has 0 aromatic heterocycles. The summed E-state index contributed by atoms with van der Waals surface area (Å²) in [7, 11) is 0. The molecule has 254 valence electrons. The number of benzene rings is 4. The number of β-lactam (4-membered cyclic amide) rings is 1. The number of aliphatic hydroxyl groups is 1. The van der Waals surface area contributed by atoms with Gasteiger partial charge >= 0.3 is 5.97 Å². The van der Waals surface area contributed by atoms with Crippen LogP contribution in [0, 0.1) is 17.6 Å². The second-order valence-corrected chi connectivity index (χ2v) is 12.5. The lowest BCUT2D eigenvalue weighted by molar-refractivity contribution is -0.211. The number of hydrogen-bond donors (Lipinski definition) is 3. The maximum Gasteiger partial charge on any atom is 0.335 e. The van der Waals surface area contributed by atoms with Crippen LogP contribution in [0.1, 0.15) is 58.5 Å². The van der Waals surface area contributed by atoms with Gasteiger partial charge in [-0.05, 0) is 103 Å². The standard InChI is InChI=1S/C38H36F2N2O7/c39-28-9-5-25(6-10-28)33(43)18-17-32-35(42(36(32)45)31-15-11-29(40)12-16-31)26-3-1-24(2-4-26)19-20-38(22-48-23-38)49-21-34(44)41-30-13-7-27(8-14-30)37(46)47/h1-16,32-33,35,43H,17-23H2,(H,41,44)(H,46,47)/t32-,33+,35-/m1/s1. The minimum absolute atomic E-state index is 0.114. The maximum atomic E-state index is 13.7. The predicted octanol–water partition coefficient (Wildman–Crippen LogP) is 6.24. The van der Waals surface area contributed by atoms with E-state index in [4.69, 9.17) is 14.6 Å². The lowest BCUT2D eigenvalue weighted by Gasteiger charge is -2.48. The quantitative estimate of drug-likeness (QED) is 0.136. The van der Waals surface area contributed by atoms with Crippen LogP contribution in [0.15, 0.2) is 97.1 Å². The second-order valence-electron chi connectivity index (χ2n) is 12.5. The van der Waals surface area contributed by atoms with Gasteiger partial charge in [-0.3, -0.25) is 9.59 Å². The lowest BCUT2D eigenvalue weighted by Crippen LogP contribution is -2.55. The molecule has 2 saturated heterocycles. The zero-order chi connectivity index (χ0) is 34.5. The van der Waals surface area contributed by atoms with Crippen LogP contribution in [0.2, 0.25) is 0 Å². The molecule has 4 aromatic carbocycles. The van der Waals surface area contributed by atoms with E-state index in [9.17, 15) is 28.3 Å². The molecule has 0 radical (unpaired) electrons. The van der Waals surface area contributed by atoms with Crippen LogP contribution >= 0.6 is 0 Å². The number of nitrogens with zero attached hydrogens (tertiary/aromatic N) is 1. The number of aryl methyl sites for hydroxylation is 1. The van der Waals surface area contributed by atoms with Crippen molar-refractivity contribution in [3.63, 3.8) is 0 Å². The Hall–Kier alpha value is -4.97. The monoisotopic (exact) mass is 670 g/mol. The fourth-order valence-corrected chi connectivity index (χ4v) is 6.28. The molecule has 0 spiro atoms. The van der Waals surface area contributed by atoms with Gasteiger partial charge in [0, 0.05) is 11.4 Å². The number of nitrogens with one attached hydrogen (secondary N) is 1. The number of amides is 2. The third-order valence-electron chi connectivity index (χ3n) is 9.17. The van der Waals surface area contributed by atoms with Gasteiger partial charge in [-0.15, -0.1) is 0 Å². The van der Waals surface area contributed by atoms with Crippen LogP contribution in [0.3, 0.4) is 0 Å². The fourth-order valence-electron chi connectivity index (χ4n) is 6.28. The number of aromatic carboxylic acids is 1. The highest BCUT2D eigenvalue weighted by Crippen LogP contribution is 2.46. The molecule has 49 heavy (non-hydrogen) atoms. The molecular formula is C38H36F2N2O7. The summed E-state index contributed by atoms with van der Waals surface area (Å²) in [6.45, 7) is 0.525. The first-order valence-corrected chi connectivity index (χ1v) is 16.1. The summed E-state index contributed by atoms with van der Waals surface area (Å²) in [5.41, 5.74) is 3.08. The molecule has 0 bridgehead atoms. The van der Waals surface area contributed by atoms with E-state index in [1.807, 2.05) is 24.3 Å². The number of carbonyl (C=O) groups excluding carboxylic acids is 2. The highest BCUT2D eigenvalue weighted by Gasteiger charge is 2.48. The van der Waals surface area contributed by atoms with E-state index in [0.717, 1.165) is 11.1 Å². The number of halogens is 2. The Morgan fingerprint density at radius 3 is 2.14 bits per heavy atom. The van der Waals surface area contributed by atoms with Gasteiger partial charge in [-0.1, -0.05) is 36.4 Å². The molecular weight excluding hydrogens is 634 g/mol. The zero-order valence-electron chi connectivity index (χ0n) is 26.6. The van der Waals surface area contributed by atoms with Gasteiger partial charge < -0.3 is 29.9 Å². The number of aliphatic hydroxyl groups excluding tert-OH is 1. The molecule has 9 nitrogen and oxygen atoms in total. The van der Waals surface area contributed by atoms with Crippen molar-refractivity contribution in [2.45, 2.75) is 43.4 Å². The van der Waals surface area contributed by atoms with Crippen molar-refractivity contribution in [1.29, 1.82) is 0 Å². The van der Waals surface area contributed by atoms with Gasteiger partial charge in [-0.2, -0.15) is 0 Å². The molecule has 3 atom stereocenters. The molecule has 2 aliphatic rings. The van der Waals surface area contributed by atoms with Crippen LogP contribution < -0.4 is 10.2 Å². The SMILES string of the molecule is O=C(COC1(CCc2ccc([C@@H]3[C@@H](CC[C@H](O)c4ccc(F)cc4)C(=O)N3c3ccc(F)cc3)cc2)COC1)Nc1ccc(C(=O)O)cc1. The molecule has 6 rings (SSSR count). The van der Waals surface area contributed by atoms with Crippen LogP contribution in [0.25, 0.3) is 0 Å². The Morgan fingerprint density at radius 2 is 1.55 bits per heavy atom. The Balaban J connectivity index is 1.08. The van der Waals surface area contributed by atoms with Crippen molar-refractivity contribution in [2.24, 2.45) is 5.92 Å². The van der Waals surface area contributed by atoms with E-state index in [1.54, 1.807) is 17.0 Å². The van der Waals surface area contributed by atoms with E-state index in [1.165, 1.54) is 60.7 Å². The van der Waals surface area contributed by atoms with Crippen molar-refractivity contribution >= 4 is 29.2 Å². The Kier molecular flexibility index (Phi) is 10.1. The summed E-state index contributed by atoms with van der Waals surface area (Å²) in [5.74, 6) is -2.72. The van der Waals surface area contributed by atoms with E-state index in [2.05, 4.69) is 5.32 Å². The summed E-state index contributed by atoms with van der Waals surface area (Å²) >= 11 is 0. The first kappa shape index (κ1) is 33.9. The predicted molar refractivity (Wildman–Crippen MR) is 177 cm³/mol. The zero-order valence-corrected chi connectivity index (χ0v) is 26.6. The molecule has 2 heterocycles. The number of hydrogen-bond acceptors (Lipinski definition) is 6. The number of carbonyl (C=O) groups is 3. The minimum atomic E-state index is -1.05. The van der Waals surface area contributed by atoms with Crippen molar-refractivity contribution in [3.05, 3.63) is 131 Å². The Labute approximate surface area is 282 Å². The van der Waals surface area contributed by atoms with Crippen LogP contribution in [0.4, 0.5) is 20.2 Å². The third-order valence-corrected chi connectivity index (χ3v) is 9.17. The number of carboxylic acid groups (broad SMARTS) is 1. The Morgan fingerprint density at radius 1 is 0.918 bits per heavy atom. The molecule has 4 aromatic rings. The largest absolute Gasteiger partial charge is 0.478 e. The average molecular weight is 671 g/mol. The van der Waals surface area contributed by atoms with Gasteiger partial charge in [0.1, 0.15) is 23.8 Å². The molecule has 11 heteroatoms. The summed E-state index contributed by atoms with van der Waals surface area (Å²) in [4.78, 5) is 38.6.